The first-order valence-corrected chi connectivity index (χ1v) is 6.90. The van der Waals surface area contributed by atoms with Crippen LogP contribution in [0, 0.1) is 6.92 Å². The number of anilines is 1. The molecular formula is C16H18ClNO2. The highest BCUT2D eigenvalue weighted by Crippen LogP contribution is 2.23. The van der Waals surface area contributed by atoms with Gasteiger partial charge in [0.2, 0.25) is 0 Å². The molecule has 0 spiro atoms. The van der Waals surface area contributed by atoms with Gasteiger partial charge >= 0.3 is 0 Å². The summed E-state index contributed by atoms with van der Waals surface area (Å²) >= 11 is 5.84. The number of aryl methyl sites for hydroxylation is 1. The third kappa shape index (κ3) is 4.35. The Balaban J connectivity index is 1.68. The van der Waals surface area contributed by atoms with Gasteiger partial charge in [-0.15, -0.1) is 0 Å². The van der Waals surface area contributed by atoms with E-state index < -0.39 is 0 Å². The van der Waals surface area contributed by atoms with Gasteiger partial charge < -0.3 is 15.2 Å². The highest BCUT2D eigenvalue weighted by molar-refractivity contribution is 6.33. The van der Waals surface area contributed by atoms with Crippen LogP contribution in [0.3, 0.4) is 0 Å². The molecule has 0 unspecified atom stereocenters. The Labute approximate surface area is 124 Å². The smallest absolute Gasteiger partial charge is 0.121 e. The first kappa shape index (κ1) is 14.5. The molecular weight excluding hydrogens is 274 g/mol. The van der Waals surface area contributed by atoms with Crippen LogP contribution in [0.2, 0.25) is 5.02 Å². The van der Waals surface area contributed by atoms with E-state index in [1.165, 1.54) is 5.56 Å². The first-order chi connectivity index (χ1) is 9.65. The Hall–Kier alpha value is -1.87. The van der Waals surface area contributed by atoms with Gasteiger partial charge in [-0.1, -0.05) is 29.3 Å². The summed E-state index contributed by atoms with van der Waals surface area (Å²) in [6.07, 6.45) is 0.802. The van der Waals surface area contributed by atoms with Crippen molar-refractivity contribution in [3.05, 3.63) is 53.1 Å². The Morgan fingerprint density at radius 3 is 2.20 bits per heavy atom. The van der Waals surface area contributed by atoms with E-state index >= 15 is 0 Å². The molecule has 0 saturated heterocycles. The molecule has 0 aliphatic carbocycles. The minimum Gasteiger partial charge on any atom is -0.493 e. The minimum absolute atomic E-state index is 0.528. The number of hydrogen-bond donors (Lipinski definition) is 1. The lowest BCUT2D eigenvalue weighted by molar-refractivity contribution is 0.247. The lowest BCUT2D eigenvalue weighted by Crippen LogP contribution is -2.05. The SMILES string of the molecule is Cc1ccc(OCCCOc2ccc(Cl)c(N)c2)cc1. The molecule has 0 radical (unpaired) electrons. The molecule has 0 aromatic heterocycles. The van der Waals surface area contributed by atoms with Crippen LogP contribution in [-0.2, 0) is 0 Å². The summed E-state index contributed by atoms with van der Waals surface area (Å²) in [6.45, 7) is 3.24. The molecule has 0 bridgehead atoms. The average molecular weight is 292 g/mol. The third-order valence-corrected chi connectivity index (χ3v) is 3.16. The van der Waals surface area contributed by atoms with Crippen molar-refractivity contribution in [1.82, 2.24) is 0 Å². The van der Waals surface area contributed by atoms with Crippen molar-refractivity contribution >= 4 is 17.3 Å². The molecule has 2 aromatic carbocycles. The molecule has 0 aliphatic rings. The fourth-order valence-corrected chi connectivity index (χ4v) is 1.80. The summed E-state index contributed by atoms with van der Waals surface area (Å²) < 4.78 is 11.2. The van der Waals surface area contributed by atoms with Gasteiger partial charge in [-0.2, -0.15) is 0 Å². The van der Waals surface area contributed by atoms with Gasteiger partial charge in [0.1, 0.15) is 11.5 Å². The summed E-state index contributed by atoms with van der Waals surface area (Å²) in [5.41, 5.74) is 7.45. The van der Waals surface area contributed by atoms with E-state index in [0.717, 1.165) is 17.9 Å². The number of benzene rings is 2. The molecule has 2 N–H and O–H groups in total. The summed E-state index contributed by atoms with van der Waals surface area (Å²) in [5.74, 6) is 1.61. The fraction of sp³-hybridized carbons (Fsp3) is 0.250. The second kappa shape index (κ2) is 7.06. The zero-order chi connectivity index (χ0) is 14.4. The van der Waals surface area contributed by atoms with Gasteiger partial charge in [-0.3, -0.25) is 0 Å². The topological polar surface area (TPSA) is 44.5 Å². The number of nitrogen functional groups attached to an aromatic ring is 1. The van der Waals surface area contributed by atoms with Crippen LogP contribution in [0.1, 0.15) is 12.0 Å². The van der Waals surface area contributed by atoms with E-state index in [1.807, 2.05) is 24.3 Å². The van der Waals surface area contributed by atoms with Gasteiger partial charge in [-0.05, 0) is 31.2 Å². The normalized spacial score (nSPS) is 10.3. The van der Waals surface area contributed by atoms with Gasteiger partial charge in [0.05, 0.1) is 23.9 Å². The summed E-state index contributed by atoms with van der Waals surface area (Å²) in [7, 11) is 0. The van der Waals surface area contributed by atoms with E-state index in [-0.39, 0.29) is 0 Å². The number of ether oxygens (including phenoxy) is 2. The van der Waals surface area contributed by atoms with Gasteiger partial charge in [0.25, 0.3) is 0 Å². The van der Waals surface area contributed by atoms with Crippen LogP contribution in [0.5, 0.6) is 11.5 Å². The third-order valence-electron chi connectivity index (χ3n) is 2.81. The zero-order valence-electron chi connectivity index (χ0n) is 11.4. The quantitative estimate of drug-likeness (QED) is 0.644. The van der Waals surface area contributed by atoms with Gasteiger partial charge in [0.15, 0.2) is 0 Å². The van der Waals surface area contributed by atoms with Crippen LogP contribution < -0.4 is 15.2 Å². The zero-order valence-corrected chi connectivity index (χ0v) is 12.2. The fourth-order valence-electron chi connectivity index (χ4n) is 1.69. The number of halogens is 1. The molecule has 0 fully saturated rings. The second-order valence-electron chi connectivity index (χ2n) is 4.55. The molecule has 106 valence electrons. The maximum atomic E-state index is 5.84. The predicted molar refractivity (Wildman–Crippen MR) is 82.7 cm³/mol. The monoisotopic (exact) mass is 291 g/mol. The lowest BCUT2D eigenvalue weighted by Gasteiger charge is -2.09. The van der Waals surface area contributed by atoms with E-state index in [0.29, 0.717) is 23.9 Å². The maximum absolute atomic E-state index is 5.84. The molecule has 4 heteroatoms. The van der Waals surface area contributed by atoms with E-state index in [4.69, 9.17) is 26.8 Å². The van der Waals surface area contributed by atoms with E-state index in [2.05, 4.69) is 6.92 Å². The summed E-state index contributed by atoms with van der Waals surface area (Å²) in [6, 6.07) is 13.3. The standard InChI is InChI=1S/C16H18ClNO2/c1-12-3-5-13(6-4-12)19-9-2-10-20-14-7-8-15(17)16(18)11-14/h3-8,11H,2,9-10,18H2,1H3. The van der Waals surface area contributed by atoms with Crippen LogP contribution in [0.25, 0.3) is 0 Å². The number of rotatable bonds is 6. The highest BCUT2D eigenvalue weighted by Gasteiger charge is 1.99. The van der Waals surface area contributed by atoms with Crippen molar-refractivity contribution in [2.75, 3.05) is 18.9 Å². The largest absolute Gasteiger partial charge is 0.493 e. The molecule has 0 amide bonds. The highest BCUT2D eigenvalue weighted by atomic mass is 35.5. The Morgan fingerprint density at radius 1 is 0.950 bits per heavy atom. The van der Waals surface area contributed by atoms with Gasteiger partial charge in [-0.25, -0.2) is 0 Å². The van der Waals surface area contributed by atoms with Crippen molar-refractivity contribution in [1.29, 1.82) is 0 Å². The molecule has 2 aromatic rings. The molecule has 0 saturated carbocycles. The molecule has 0 aliphatic heterocycles. The van der Waals surface area contributed by atoms with Crippen molar-refractivity contribution in [3.8, 4) is 11.5 Å². The second-order valence-corrected chi connectivity index (χ2v) is 4.95. The minimum atomic E-state index is 0.528. The number of nitrogens with two attached hydrogens (primary N) is 1. The van der Waals surface area contributed by atoms with Crippen LogP contribution in [-0.4, -0.2) is 13.2 Å². The molecule has 2 rings (SSSR count). The maximum Gasteiger partial charge on any atom is 0.121 e. The molecule has 0 heterocycles. The summed E-state index contributed by atoms with van der Waals surface area (Å²) in [5, 5.41) is 0.542. The molecule has 0 atom stereocenters. The van der Waals surface area contributed by atoms with Crippen molar-refractivity contribution in [3.63, 3.8) is 0 Å². The van der Waals surface area contributed by atoms with Crippen LogP contribution in [0.4, 0.5) is 5.69 Å². The predicted octanol–water partition coefficient (Wildman–Crippen LogP) is 4.08. The van der Waals surface area contributed by atoms with Crippen LogP contribution in [0.15, 0.2) is 42.5 Å². The number of hydrogen-bond acceptors (Lipinski definition) is 3. The van der Waals surface area contributed by atoms with Crippen molar-refractivity contribution in [2.24, 2.45) is 0 Å². The Morgan fingerprint density at radius 2 is 1.55 bits per heavy atom. The molecule has 3 nitrogen and oxygen atoms in total. The molecule has 20 heavy (non-hydrogen) atoms. The Bertz CT molecular complexity index is 555. The first-order valence-electron chi connectivity index (χ1n) is 6.52. The van der Waals surface area contributed by atoms with E-state index in [1.54, 1.807) is 18.2 Å². The van der Waals surface area contributed by atoms with Gasteiger partial charge in [0, 0.05) is 12.5 Å². The van der Waals surface area contributed by atoms with Crippen molar-refractivity contribution < 1.29 is 9.47 Å². The van der Waals surface area contributed by atoms with Crippen LogP contribution >= 0.6 is 11.6 Å². The lowest BCUT2D eigenvalue weighted by atomic mass is 10.2. The average Bonchev–Trinajstić information content (AvgIpc) is 2.44. The van der Waals surface area contributed by atoms with Crippen molar-refractivity contribution in [2.45, 2.75) is 13.3 Å². The summed E-state index contributed by atoms with van der Waals surface area (Å²) in [4.78, 5) is 0. The van der Waals surface area contributed by atoms with E-state index in [9.17, 15) is 0 Å². The Kier molecular flexibility index (Phi) is 5.13.